The zero-order chi connectivity index (χ0) is 51.4. The van der Waals surface area contributed by atoms with E-state index in [9.17, 15) is 0 Å². The van der Waals surface area contributed by atoms with Crippen molar-refractivity contribution in [1.82, 2.24) is 0 Å². The van der Waals surface area contributed by atoms with Gasteiger partial charge in [0.1, 0.15) is 23.0 Å². The van der Waals surface area contributed by atoms with Gasteiger partial charge in [0.05, 0.1) is 16.5 Å². The summed E-state index contributed by atoms with van der Waals surface area (Å²) in [4.78, 5) is 2.55. The summed E-state index contributed by atoms with van der Waals surface area (Å²) in [7, 11) is 0. The molecule has 16 rings (SSSR count). The van der Waals surface area contributed by atoms with Gasteiger partial charge in [-0.3, -0.25) is 0 Å². The predicted molar refractivity (Wildman–Crippen MR) is 321 cm³/mol. The van der Waals surface area contributed by atoms with Crippen molar-refractivity contribution in [3.8, 4) is 34.1 Å². The first-order chi connectivity index (χ1) is 38.7. The monoisotopic (exact) mass is 1030 g/mol. The maximum atomic E-state index is 7.25. The SMILES string of the molecule is c1ccc(C2(c3ccccc3)c3ccccc3Oc3ccc(N(c4ccc5c(c4)C4(c6ccccc6O5)c5cc(C6CCCCC6)ccc5-c5ccc(C6CCCCC6)cc54)c4cccc5sc6ccccc6c45)cc32)cc1. The van der Waals surface area contributed by atoms with E-state index < -0.39 is 10.8 Å². The molecule has 3 nitrogen and oxygen atoms in total. The molecule has 1 aromatic heterocycles. The first-order valence-corrected chi connectivity index (χ1v) is 29.4. The summed E-state index contributed by atoms with van der Waals surface area (Å²) >= 11 is 1.87. The van der Waals surface area contributed by atoms with Crippen molar-refractivity contribution in [1.29, 1.82) is 0 Å². The molecule has 0 bridgehead atoms. The number of fused-ring (bicyclic) bond motifs is 14. The zero-order valence-electron chi connectivity index (χ0n) is 43.8. The fraction of sp³-hybridized carbons (Fsp3) is 0.189. The van der Waals surface area contributed by atoms with Crippen LogP contribution in [0, 0.1) is 0 Å². The number of nitrogens with zero attached hydrogens (tertiary/aromatic N) is 1. The van der Waals surface area contributed by atoms with Gasteiger partial charge >= 0.3 is 0 Å². The van der Waals surface area contributed by atoms with Crippen LogP contribution in [0.3, 0.4) is 0 Å². The van der Waals surface area contributed by atoms with E-state index in [1.807, 2.05) is 11.3 Å². The van der Waals surface area contributed by atoms with Crippen LogP contribution in [0.15, 0.2) is 224 Å². The Morgan fingerprint density at radius 1 is 0.359 bits per heavy atom. The molecule has 3 aliphatic carbocycles. The van der Waals surface area contributed by atoms with E-state index in [2.05, 4.69) is 229 Å². The van der Waals surface area contributed by atoms with Gasteiger partial charge in [-0.1, -0.05) is 196 Å². The van der Waals surface area contributed by atoms with Crippen molar-refractivity contribution in [2.45, 2.75) is 86.9 Å². The Morgan fingerprint density at radius 2 is 0.833 bits per heavy atom. The van der Waals surface area contributed by atoms with Crippen molar-refractivity contribution in [3.63, 3.8) is 0 Å². The number of ether oxygens (including phenoxy) is 2. The minimum absolute atomic E-state index is 0.554. The lowest BCUT2D eigenvalue weighted by Crippen LogP contribution is -2.34. The van der Waals surface area contributed by atoms with Crippen molar-refractivity contribution in [2.75, 3.05) is 4.90 Å². The second-order valence-electron chi connectivity index (χ2n) is 22.7. The molecule has 5 aliphatic rings. The molecule has 3 heterocycles. The van der Waals surface area contributed by atoms with Crippen molar-refractivity contribution in [2.24, 2.45) is 0 Å². The van der Waals surface area contributed by atoms with Crippen LogP contribution in [0.5, 0.6) is 23.0 Å². The lowest BCUT2D eigenvalue weighted by molar-refractivity contribution is 0.433. The first-order valence-electron chi connectivity index (χ1n) is 28.6. The van der Waals surface area contributed by atoms with E-state index >= 15 is 0 Å². The molecule has 78 heavy (non-hydrogen) atoms. The van der Waals surface area contributed by atoms with E-state index in [0.717, 1.165) is 51.2 Å². The fourth-order valence-corrected chi connectivity index (χ4v) is 16.3. The Kier molecular flexibility index (Phi) is 10.7. The molecule has 2 fully saturated rings. The van der Waals surface area contributed by atoms with Crippen LogP contribution in [-0.2, 0) is 10.8 Å². The van der Waals surface area contributed by atoms with Crippen LogP contribution in [-0.4, -0.2) is 0 Å². The van der Waals surface area contributed by atoms with Crippen LogP contribution >= 0.6 is 11.3 Å². The van der Waals surface area contributed by atoms with Gasteiger partial charge in [-0.2, -0.15) is 0 Å². The smallest absolute Gasteiger partial charge is 0.132 e. The van der Waals surface area contributed by atoms with Gasteiger partial charge in [0.25, 0.3) is 0 Å². The number of anilines is 3. The highest BCUT2D eigenvalue weighted by Gasteiger charge is 2.52. The molecule has 378 valence electrons. The Hall–Kier alpha value is -8.18. The van der Waals surface area contributed by atoms with E-state index in [-0.39, 0.29) is 0 Å². The maximum Gasteiger partial charge on any atom is 0.132 e. The summed E-state index contributed by atoms with van der Waals surface area (Å²) in [5.41, 5.74) is 17.3. The van der Waals surface area contributed by atoms with Crippen LogP contribution in [0.25, 0.3) is 31.3 Å². The Morgan fingerprint density at radius 3 is 1.41 bits per heavy atom. The van der Waals surface area contributed by atoms with Crippen LogP contribution in [0.1, 0.15) is 132 Å². The number of benzene rings is 10. The Labute approximate surface area is 461 Å². The predicted octanol–water partition coefficient (Wildman–Crippen LogP) is 20.6. The van der Waals surface area contributed by atoms with E-state index in [1.54, 1.807) is 0 Å². The highest BCUT2D eigenvalue weighted by molar-refractivity contribution is 7.26. The molecule has 0 unspecified atom stereocenters. The van der Waals surface area contributed by atoms with E-state index in [1.165, 1.54) is 140 Å². The summed E-state index contributed by atoms with van der Waals surface area (Å²) in [6, 6.07) is 84.8. The topological polar surface area (TPSA) is 21.7 Å². The molecule has 0 atom stereocenters. The molecule has 0 N–H and O–H groups in total. The third-order valence-electron chi connectivity index (χ3n) is 18.6. The van der Waals surface area contributed by atoms with Crippen LogP contribution < -0.4 is 14.4 Å². The number of thiophene rings is 1. The molecule has 0 amide bonds. The van der Waals surface area contributed by atoms with E-state index in [0.29, 0.717) is 11.8 Å². The molecule has 0 radical (unpaired) electrons. The molecule has 2 aliphatic heterocycles. The lowest BCUT2D eigenvalue weighted by Gasteiger charge is -2.42. The quantitative estimate of drug-likeness (QED) is 0.159. The Bertz CT molecular complexity index is 4040. The second kappa shape index (κ2) is 18.2. The van der Waals surface area contributed by atoms with Crippen LogP contribution in [0.4, 0.5) is 17.1 Å². The molecular weight excluding hydrogens is 967 g/mol. The van der Waals surface area contributed by atoms with E-state index in [4.69, 9.17) is 9.47 Å². The summed E-state index contributed by atoms with van der Waals surface area (Å²) in [6.07, 6.45) is 12.8. The largest absolute Gasteiger partial charge is 0.457 e. The first kappa shape index (κ1) is 46.0. The zero-order valence-corrected chi connectivity index (χ0v) is 44.6. The van der Waals surface area contributed by atoms with Gasteiger partial charge < -0.3 is 14.4 Å². The molecule has 0 saturated heterocycles. The van der Waals surface area contributed by atoms with Gasteiger partial charge in [-0.25, -0.2) is 0 Å². The third kappa shape index (κ3) is 6.81. The van der Waals surface area contributed by atoms with Crippen LogP contribution in [0.2, 0.25) is 0 Å². The van der Waals surface area contributed by atoms with Gasteiger partial charge in [0.15, 0.2) is 0 Å². The number of hydrogen-bond acceptors (Lipinski definition) is 4. The molecule has 11 aromatic rings. The van der Waals surface area contributed by atoms with Gasteiger partial charge in [-0.05, 0) is 149 Å². The lowest BCUT2D eigenvalue weighted by atomic mass is 9.63. The molecule has 2 saturated carbocycles. The highest BCUT2D eigenvalue weighted by Crippen LogP contribution is 2.64. The summed E-state index contributed by atoms with van der Waals surface area (Å²) in [5.74, 6) is 4.66. The summed E-state index contributed by atoms with van der Waals surface area (Å²) in [5, 5.41) is 2.50. The highest BCUT2D eigenvalue weighted by atomic mass is 32.1. The average molecular weight is 1030 g/mol. The molecule has 4 heteroatoms. The maximum absolute atomic E-state index is 7.25. The summed E-state index contributed by atoms with van der Waals surface area (Å²) in [6.45, 7) is 0. The number of hydrogen-bond donors (Lipinski definition) is 0. The minimum atomic E-state index is -0.698. The van der Waals surface area contributed by atoms with Gasteiger partial charge in [0, 0.05) is 53.8 Å². The van der Waals surface area contributed by atoms with Gasteiger partial charge in [0.2, 0.25) is 0 Å². The summed E-state index contributed by atoms with van der Waals surface area (Å²) < 4.78 is 16.8. The average Bonchev–Trinajstić information content (AvgIpc) is 4.02. The third-order valence-corrected chi connectivity index (χ3v) is 19.8. The van der Waals surface area contributed by atoms with Gasteiger partial charge in [-0.15, -0.1) is 11.3 Å². The molecule has 10 aromatic carbocycles. The fourth-order valence-electron chi connectivity index (χ4n) is 15.2. The Balaban J connectivity index is 0.988. The molecule has 1 spiro atoms. The number of para-hydroxylation sites is 2. The minimum Gasteiger partial charge on any atom is -0.457 e. The second-order valence-corrected chi connectivity index (χ2v) is 23.7. The normalized spacial score (nSPS) is 16.8. The molecular formula is C74H59NO2S. The van der Waals surface area contributed by atoms with Crippen molar-refractivity contribution >= 4 is 48.6 Å². The standard InChI is InChI=1S/C74H59NO2S/c1-5-20-48(21-6-1)50-36-40-56-57-41-37-51(49-22-7-2-8-23-49)45-62(57)74(61(56)44-50)60-30-15-17-33-67(60)77-69-43-39-55(47-64(69)74)75(65-31-19-35-71-72(65)58-28-13-18-34-70(58)78-71)54-38-42-68-63(46-54)73(52-24-9-3-10-25-52,53-26-11-4-12-27-53)59-29-14-16-32-66(59)76-68/h3-4,9-19,24-49H,1-2,5-8,20-23H2. The number of rotatable bonds is 7. The van der Waals surface area contributed by atoms with Crippen molar-refractivity contribution < 1.29 is 9.47 Å². The van der Waals surface area contributed by atoms with Crippen molar-refractivity contribution in [3.05, 3.63) is 280 Å².